The Balaban J connectivity index is 2.40. The fraction of sp³-hybridized carbons (Fsp3) is 0.667. The van der Waals surface area contributed by atoms with Gasteiger partial charge in [0.1, 0.15) is 0 Å². The van der Waals surface area contributed by atoms with Crippen LogP contribution in [0.15, 0.2) is 23.8 Å². The average Bonchev–Trinajstić information content (AvgIpc) is 2.22. The van der Waals surface area contributed by atoms with Gasteiger partial charge in [-0.1, -0.05) is 56.4 Å². The molecule has 1 radical (unpaired) electrons. The van der Waals surface area contributed by atoms with Crippen LogP contribution in [0.5, 0.6) is 0 Å². The van der Waals surface area contributed by atoms with Gasteiger partial charge in [0.2, 0.25) is 0 Å². The lowest BCUT2D eigenvalue weighted by Crippen LogP contribution is -1.85. The largest absolute Gasteiger partial charge is 0.0882 e. The van der Waals surface area contributed by atoms with Gasteiger partial charge in [0.05, 0.1) is 0 Å². The zero-order valence-electron chi connectivity index (χ0n) is 10.2. The molecule has 1 aliphatic carbocycles. The predicted octanol–water partition coefficient (Wildman–Crippen LogP) is 5.22. The maximum absolute atomic E-state index is 2.38. The third-order valence-electron chi connectivity index (χ3n) is 2.96. The van der Waals surface area contributed by atoms with E-state index < -0.39 is 0 Å². The van der Waals surface area contributed by atoms with E-state index in [-0.39, 0.29) is 0 Å². The molecule has 1 rings (SSSR count). The molecule has 0 spiro atoms. The summed E-state index contributed by atoms with van der Waals surface area (Å²) in [5.41, 5.74) is 1.61. The molecule has 0 aromatic rings. The highest BCUT2D eigenvalue weighted by atomic mass is 14.0. The van der Waals surface area contributed by atoms with Crippen molar-refractivity contribution >= 4 is 0 Å². The van der Waals surface area contributed by atoms with Crippen LogP contribution < -0.4 is 0 Å². The first-order valence-electron chi connectivity index (χ1n) is 6.59. The van der Waals surface area contributed by atoms with Crippen LogP contribution in [-0.4, -0.2) is 0 Å². The van der Waals surface area contributed by atoms with Crippen molar-refractivity contribution in [2.45, 2.75) is 64.7 Å². The molecule has 0 atom stereocenters. The first-order chi connectivity index (χ1) is 7.43. The fourth-order valence-corrected chi connectivity index (χ4v) is 2.06. The Morgan fingerprint density at radius 3 is 2.60 bits per heavy atom. The molecule has 0 aromatic heterocycles. The van der Waals surface area contributed by atoms with Gasteiger partial charge in [-0.15, -0.1) is 0 Å². The molecule has 0 N–H and O–H groups in total. The van der Waals surface area contributed by atoms with Crippen molar-refractivity contribution < 1.29 is 0 Å². The molecule has 0 bridgehead atoms. The summed E-state index contributed by atoms with van der Waals surface area (Å²) in [5.74, 6) is 0. The van der Waals surface area contributed by atoms with Crippen LogP contribution in [-0.2, 0) is 0 Å². The Bertz CT molecular complexity index is 198. The van der Waals surface area contributed by atoms with E-state index in [4.69, 9.17) is 0 Å². The molecule has 0 aromatic carbocycles. The minimum Gasteiger partial charge on any atom is -0.0882 e. The normalized spacial score (nSPS) is 25.8. The molecule has 0 heterocycles. The Labute approximate surface area is 95.5 Å². The molecular weight excluding hydrogens is 180 g/mol. The zero-order valence-corrected chi connectivity index (χ0v) is 10.2. The van der Waals surface area contributed by atoms with Gasteiger partial charge in [-0.2, -0.15) is 0 Å². The molecule has 1 aliphatic rings. The van der Waals surface area contributed by atoms with Crippen LogP contribution in [0.2, 0.25) is 0 Å². The van der Waals surface area contributed by atoms with E-state index in [2.05, 4.69) is 31.6 Å². The van der Waals surface area contributed by atoms with Crippen LogP contribution in [0.3, 0.4) is 0 Å². The molecular formula is C15H25. The maximum Gasteiger partial charge on any atom is -0.0139 e. The summed E-state index contributed by atoms with van der Waals surface area (Å²) in [6.07, 6.45) is 21.3. The van der Waals surface area contributed by atoms with Crippen molar-refractivity contribution in [3.05, 3.63) is 30.2 Å². The quantitative estimate of drug-likeness (QED) is 0.542. The van der Waals surface area contributed by atoms with Crippen molar-refractivity contribution in [1.29, 1.82) is 0 Å². The molecule has 0 fully saturated rings. The van der Waals surface area contributed by atoms with Gasteiger partial charge in [-0.3, -0.25) is 0 Å². The van der Waals surface area contributed by atoms with Crippen molar-refractivity contribution in [3.63, 3.8) is 0 Å². The number of hydrogen-bond donors (Lipinski definition) is 0. The van der Waals surface area contributed by atoms with E-state index in [1.807, 2.05) is 0 Å². The van der Waals surface area contributed by atoms with E-state index in [0.717, 1.165) is 0 Å². The topological polar surface area (TPSA) is 0 Å². The molecule has 0 heteroatoms. The third-order valence-corrected chi connectivity index (χ3v) is 2.96. The van der Waals surface area contributed by atoms with Gasteiger partial charge in [0.15, 0.2) is 0 Å². The second kappa shape index (κ2) is 8.76. The molecule has 0 saturated heterocycles. The number of rotatable bonds is 2. The minimum absolute atomic E-state index is 1.17. The van der Waals surface area contributed by atoms with Crippen LogP contribution in [0.1, 0.15) is 64.7 Å². The summed E-state index contributed by atoms with van der Waals surface area (Å²) in [5, 5.41) is 0. The molecule has 0 saturated carbocycles. The van der Waals surface area contributed by atoms with Crippen LogP contribution in [0.4, 0.5) is 0 Å². The first kappa shape index (κ1) is 12.5. The van der Waals surface area contributed by atoms with Gasteiger partial charge >= 0.3 is 0 Å². The van der Waals surface area contributed by atoms with Crippen molar-refractivity contribution in [2.24, 2.45) is 0 Å². The standard InChI is InChI=1S/C15H25/c1-2-12-15-13-10-8-6-4-3-5-7-9-11-14-15/h8,10-11,14H,2-7,9,12-13H2,1H3/b10-8-,15-14-. The molecule has 0 aliphatic heterocycles. The van der Waals surface area contributed by atoms with Crippen molar-refractivity contribution in [2.75, 3.05) is 0 Å². The lowest BCUT2D eigenvalue weighted by molar-refractivity contribution is 0.644. The Hall–Kier alpha value is -0.520. The first-order valence-corrected chi connectivity index (χ1v) is 6.59. The second-order valence-electron chi connectivity index (χ2n) is 4.48. The van der Waals surface area contributed by atoms with Gasteiger partial charge in [0.25, 0.3) is 0 Å². The molecule has 0 amide bonds. The van der Waals surface area contributed by atoms with E-state index in [1.165, 1.54) is 57.8 Å². The van der Waals surface area contributed by atoms with Gasteiger partial charge in [0, 0.05) is 0 Å². The minimum atomic E-state index is 1.17. The average molecular weight is 205 g/mol. The van der Waals surface area contributed by atoms with Crippen LogP contribution in [0.25, 0.3) is 0 Å². The molecule has 0 nitrogen and oxygen atoms in total. The molecule has 85 valence electrons. The zero-order chi connectivity index (χ0) is 10.8. The van der Waals surface area contributed by atoms with E-state index in [0.29, 0.717) is 0 Å². The van der Waals surface area contributed by atoms with Crippen LogP contribution in [0, 0.1) is 6.42 Å². The third kappa shape index (κ3) is 6.54. The SMILES string of the molecule is CCC/C1=C/[CH]CCCCCC/C=C\C1. The highest BCUT2D eigenvalue weighted by molar-refractivity contribution is 5.12. The van der Waals surface area contributed by atoms with Gasteiger partial charge in [-0.25, -0.2) is 0 Å². The van der Waals surface area contributed by atoms with E-state index in [9.17, 15) is 0 Å². The van der Waals surface area contributed by atoms with Gasteiger partial charge < -0.3 is 0 Å². The summed E-state index contributed by atoms with van der Waals surface area (Å²) in [4.78, 5) is 0. The summed E-state index contributed by atoms with van der Waals surface area (Å²) in [6, 6.07) is 0. The summed E-state index contributed by atoms with van der Waals surface area (Å²) in [6.45, 7) is 2.26. The lowest BCUT2D eigenvalue weighted by atomic mass is 10.0. The summed E-state index contributed by atoms with van der Waals surface area (Å²) >= 11 is 0. The summed E-state index contributed by atoms with van der Waals surface area (Å²) in [7, 11) is 0. The highest BCUT2D eigenvalue weighted by Crippen LogP contribution is 2.15. The predicted molar refractivity (Wildman–Crippen MR) is 68.8 cm³/mol. The summed E-state index contributed by atoms with van der Waals surface area (Å²) < 4.78 is 0. The second-order valence-corrected chi connectivity index (χ2v) is 4.48. The van der Waals surface area contributed by atoms with E-state index in [1.54, 1.807) is 5.57 Å². The Morgan fingerprint density at radius 1 is 1.00 bits per heavy atom. The van der Waals surface area contributed by atoms with E-state index >= 15 is 0 Å². The Kier molecular flexibility index (Phi) is 7.33. The highest BCUT2D eigenvalue weighted by Gasteiger charge is 1.96. The maximum atomic E-state index is 2.38. The number of hydrogen-bond acceptors (Lipinski definition) is 0. The Morgan fingerprint density at radius 2 is 1.80 bits per heavy atom. The number of allylic oxidation sites excluding steroid dienone is 4. The smallest absolute Gasteiger partial charge is 0.0139 e. The van der Waals surface area contributed by atoms with Crippen molar-refractivity contribution in [3.8, 4) is 0 Å². The van der Waals surface area contributed by atoms with Crippen LogP contribution >= 0.6 is 0 Å². The van der Waals surface area contributed by atoms with Crippen molar-refractivity contribution in [1.82, 2.24) is 0 Å². The fourth-order valence-electron chi connectivity index (χ4n) is 2.06. The lowest BCUT2D eigenvalue weighted by Gasteiger charge is -2.05. The monoisotopic (exact) mass is 205 g/mol. The molecule has 15 heavy (non-hydrogen) atoms. The molecule has 0 unspecified atom stereocenters. The van der Waals surface area contributed by atoms with Gasteiger partial charge in [-0.05, 0) is 38.5 Å².